The molecular weight excluding hydrogens is 1860 g/mol. The number of aliphatic hydroxyl groups is 1. The Morgan fingerprint density at radius 2 is 0.734 bits per heavy atom. The molecule has 143 heavy (non-hydrogen) atoms. The van der Waals surface area contributed by atoms with E-state index in [1.165, 1.54) is 54.0 Å². The van der Waals surface area contributed by atoms with Gasteiger partial charge in [0.1, 0.15) is 11.5 Å². The number of carbonyl (C=O) groups excluding carboxylic acids is 5. The van der Waals surface area contributed by atoms with Gasteiger partial charge in [-0.1, -0.05) is 186 Å². The molecular formula is C113H141BrN22O7. The van der Waals surface area contributed by atoms with Crippen molar-refractivity contribution in [2.45, 2.75) is 322 Å². The molecule has 25 rings (SSSR count). The maximum absolute atomic E-state index is 12.8. The average Bonchev–Trinajstić information content (AvgIpc) is 1.41. The van der Waals surface area contributed by atoms with Gasteiger partial charge in [-0.3, -0.25) is 14.4 Å². The summed E-state index contributed by atoms with van der Waals surface area (Å²) in [5.74, 6) is 3.16. The first-order chi connectivity index (χ1) is 66.9. The van der Waals surface area contributed by atoms with Gasteiger partial charge in [0.15, 0.2) is 51.2 Å². The lowest BCUT2D eigenvalue weighted by Crippen LogP contribution is -2.57. The van der Waals surface area contributed by atoms with Crippen LogP contribution in [0, 0.1) is 82.3 Å². The first-order valence-corrected chi connectivity index (χ1v) is 48.9. The lowest BCUT2D eigenvalue weighted by Gasteiger charge is -2.53. The second kappa shape index (κ2) is 36.8. The predicted octanol–water partition coefficient (Wildman–Crippen LogP) is 22.3. The molecule has 0 aromatic carbocycles. The normalized spacial score (nSPS) is 28.7. The van der Waals surface area contributed by atoms with E-state index in [4.69, 9.17) is 27.0 Å². The van der Waals surface area contributed by atoms with Crippen LogP contribution < -0.4 is 0 Å². The van der Waals surface area contributed by atoms with Crippen LogP contribution in [-0.2, 0) is 107 Å². The summed E-state index contributed by atoms with van der Waals surface area (Å²) in [4.78, 5) is 101. The Kier molecular flexibility index (Phi) is 26.6. The second-order valence-electron chi connectivity index (χ2n) is 45.2. The maximum atomic E-state index is 12.8. The van der Waals surface area contributed by atoms with E-state index in [-0.39, 0.29) is 120 Å². The molecule has 0 spiro atoms. The van der Waals surface area contributed by atoms with E-state index in [0.717, 1.165) is 174 Å². The molecule has 1 N–H and O–H groups in total. The van der Waals surface area contributed by atoms with Crippen molar-refractivity contribution in [1.82, 2.24) is 92.7 Å². The van der Waals surface area contributed by atoms with Crippen LogP contribution in [0.25, 0.3) is 48.4 Å². The second-order valence-corrected chi connectivity index (χ2v) is 46.1. The lowest BCUT2D eigenvalue weighted by molar-refractivity contribution is -0.138. The van der Waals surface area contributed by atoms with Crippen molar-refractivity contribution >= 4 is 78.7 Å². The molecule has 13 atom stereocenters. The summed E-state index contributed by atoms with van der Waals surface area (Å²) in [6.07, 6.45) is 44.3. The summed E-state index contributed by atoms with van der Waals surface area (Å²) >= 11 is 3.49. The number of allylic oxidation sites excluding steroid dienone is 5. The zero-order chi connectivity index (χ0) is 101. The van der Waals surface area contributed by atoms with Crippen molar-refractivity contribution in [2.24, 2.45) is 62.6 Å². The van der Waals surface area contributed by atoms with E-state index in [1.54, 1.807) is 24.8 Å². The predicted molar refractivity (Wildman–Crippen MR) is 557 cm³/mol. The molecule has 3 fully saturated rings. The van der Waals surface area contributed by atoms with E-state index in [1.807, 2.05) is 176 Å². The van der Waals surface area contributed by atoms with Gasteiger partial charge in [-0.05, 0) is 181 Å². The number of rotatable bonds is 0. The highest BCUT2D eigenvalue weighted by Crippen LogP contribution is 2.63. The summed E-state index contributed by atoms with van der Waals surface area (Å²) in [5.41, 5.74) is 18.0. The van der Waals surface area contributed by atoms with Crippen LogP contribution in [0.3, 0.4) is 0 Å². The third-order valence-corrected chi connectivity index (χ3v) is 36.2. The monoisotopic (exact) mass is 2000 g/mol. The van der Waals surface area contributed by atoms with Crippen molar-refractivity contribution in [3.8, 4) is 0 Å². The number of carbonyl (C=O) groups is 5. The van der Waals surface area contributed by atoms with Crippen molar-refractivity contribution in [2.75, 3.05) is 0 Å². The number of Topliss-reactive ketones (excluding diaryl/α,β-unsaturated/α-hetero) is 5. The van der Waals surface area contributed by atoms with Crippen LogP contribution in [-0.4, -0.2) is 133 Å². The quantitative estimate of drug-likeness (QED) is 0.0837. The number of fused-ring (bicyclic) bond motifs is 31. The molecule has 29 nitrogen and oxygen atoms in total. The van der Waals surface area contributed by atoms with Crippen molar-refractivity contribution in [1.29, 1.82) is 0 Å². The Labute approximate surface area is 851 Å². The Hall–Kier alpha value is -12.8. The van der Waals surface area contributed by atoms with Crippen LogP contribution in [0.5, 0.6) is 0 Å². The van der Waals surface area contributed by atoms with Gasteiger partial charge in [0.05, 0.1) is 101 Å². The number of aromatic nitrogens is 19. The topological polar surface area (TPSA) is 326 Å². The summed E-state index contributed by atoms with van der Waals surface area (Å²) in [7, 11) is 2.50. The van der Waals surface area contributed by atoms with Crippen molar-refractivity contribution in [3.63, 3.8) is 0 Å². The Balaban J connectivity index is 0.000000136. The molecule has 0 saturated heterocycles. The fraction of sp³-hybridized carbons (Fsp3) is 0.531. The van der Waals surface area contributed by atoms with E-state index in [2.05, 4.69) is 170 Å². The fourth-order valence-electron chi connectivity index (χ4n) is 29.5. The van der Waals surface area contributed by atoms with E-state index < -0.39 is 38.5 Å². The summed E-state index contributed by atoms with van der Waals surface area (Å²) in [6, 6.07) is 9.05. The van der Waals surface area contributed by atoms with Crippen LogP contribution in [0.4, 0.5) is 0 Å². The number of hydrogen-bond acceptors (Lipinski definition) is 20. The first-order valence-electron chi connectivity index (χ1n) is 50.1. The van der Waals surface area contributed by atoms with Crippen LogP contribution >= 0.6 is 15.9 Å². The third kappa shape index (κ3) is 15.5. The molecule has 13 heterocycles. The summed E-state index contributed by atoms with van der Waals surface area (Å²) in [6.45, 7) is 60.5. The van der Waals surface area contributed by atoms with Crippen LogP contribution in [0.1, 0.15) is 315 Å². The van der Waals surface area contributed by atoms with Gasteiger partial charge in [-0.15, -0.1) is 0 Å². The Morgan fingerprint density at radius 3 is 1.14 bits per heavy atom. The molecule has 3 saturated carbocycles. The molecule has 752 valence electrons. The molecule has 30 heteroatoms. The number of aryl methyl sites for hydroxylation is 6. The van der Waals surface area contributed by atoms with Gasteiger partial charge in [0.25, 0.3) is 6.04 Å². The van der Waals surface area contributed by atoms with Gasteiger partial charge < -0.3 is 24.1 Å². The molecule has 1 unspecified atom stereocenters. The minimum atomic E-state index is -0.568. The highest BCUT2D eigenvalue weighted by molar-refractivity contribution is 9.10. The average molecular weight is 2000 g/mol. The molecule has 12 aliphatic carbocycles. The van der Waals surface area contributed by atoms with Crippen molar-refractivity contribution < 1.29 is 36.3 Å². The van der Waals surface area contributed by atoms with E-state index in [9.17, 15) is 29.1 Å². The van der Waals surface area contributed by atoms with E-state index >= 15 is 0 Å². The van der Waals surface area contributed by atoms with Crippen LogP contribution in [0.2, 0.25) is 0 Å². The minimum absolute atomic E-state index is 0. The third-order valence-electron chi connectivity index (χ3n) is 35.6. The smallest absolute Gasteiger partial charge is 0.282 e. The van der Waals surface area contributed by atoms with Crippen molar-refractivity contribution in [3.05, 3.63) is 264 Å². The molecule has 12 aliphatic rings. The molecule has 0 amide bonds. The largest absolute Gasteiger partial charge is 0.515 e. The molecule has 13 aromatic rings. The SMILES string of the molecule is C.C.C.C.CC1(C)C(=O)/C(=C\O)C[C@]2(C)c3c(cnc4ccnn34)CC[C@@H]12.CC1(C)C(=O)CC[C@]2(C)c3c(cnc4ccnn34)CC[C@@H]12.CC1(C)c2oncc2C[C@]2(C)c3c(cnc4ccnn34)CC[C@@H]12.[3H]C.[3H]C.[C-]#[N+]C1=C[C@]2(C)c3c(cnc4c(Br)cnn34)CC[C@H]2C(C)(C)C1=O.[C-]#[N+]C1=C[C@]2(C)c3c(cnc4ccnn34)CC[C@H]2C(C)(C)C1=O.[C-]#[N+]C1C[C@]2(C)c3c(cnc4ccnn34)CC[C@H]2C(C)(C)C1=O. The number of ketones is 5. The highest BCUT2D eigenvalue weighted by Gasteiger charge is 2.64. The Bertz CT molecular complexity index is 7540. The molecule has 0 aliphatic heterocycles. The zero-order valence-corrected chi connectivity index (χ0v) is 84.9. The maximum Gasteiger partial charge on any atom is 0.282 e. The van der Waals surface area contributed by atoms with Gasteiger partial charge in [-0.2, -0.15) is 30.6 Å². The highest BCUT2D eigenvalue weighted by atomic mass is 79.9. The van der Waals surface area contributed by atoms with Gasteiger partial charge in [0.2, 0.25) is 17.2 Å². The minimum Gasteiger partial charge on any atom is -0.515 e. The zero-order valence-electron chi connectivity index (χ0n) is 85.3. The van der Waals surface area contributed by atoms with Gasteiger partial charge in [-0.25, -0.2) is 73.3 Å². The molecule has 0 bridgehead atoms. The lowest BCUT2D eigenvalue weighted by atomic mass is 9.50. The Morgan fingerprint density at radius 1 is 0.392 bits per heavy atom. The number of aliphatic hydroxyl groups excluding tert-OH is 1. The summed E-state index contributed by atoms with van der Waals surface area (Å²) in [5, 5.41) is 40.7. The standard InChI is InChI=1S/C18H17BrN4O.2C18H20N4O.C18H18N4O.C18H21N3O2.C17H21N3O.6CH4/c1-17(2)13-6-5-10-8-21-16-11(19)9-22-23(16)14(10)18(13,3)7-12(20-4)15(17)24;1-17(2)13-5-4-11-9-19-14-6-7-20-22(14)15(11)18(13,3)8-12-10-21-23-16(12)17;2*1-17(2)13-6-5-11-10-20-14-7-8-21-22(14)15(11)18(13,3)9-12(19-4)16(17)23;1-17(2)13-5-4-11-9-19-14-6-7-20-21(14)15(11)18(13,3)8-12(10-22)16(17)23;1-16(2)12-5-4-11-10-18-14-7-9-19-20(14)15(11)17(12,3)8-6-13(16)21;;;;;;/h7-9,13H,5-6H2,1-3H3;6-7,9-10,13H,4-5,8H2,1-3H3;7-8,10,12-13H,5-6,9H2,1-3H3;7-10,13H,5-6H2,1-3H3;6-7,9-10,13,22H,4-5,8H2,1-3H3;7,9-10,12H,4-6,8H2,1-3H3;6*1H4/b;;;;12-10-;;;;;;;/t2*13-,18-;12?,13-,18-;2*13-,18-;12-,17-;;;;;;/m000000....../s1/i;;;;;;2*1T;;;;. The van der Waals surface area contributed by atoms with Gasteiger partial charge >= 0.3 is 0 Å². The number of halogens is 1. The molecule has 13 aromatic heterocycles. The van der Waals surface area contributed by atoms with Crippen LogP contribution in [0.15, 0.2) is 155 Å². The summed E-state index contributed by atoms with van der Waals surface area (Å²) < 4.78 is 29.6. The number of hydrogen-bond donors (Lipinski definition) is 1. The fourth-order valence-corrected chi connectivity index (χ4v) is 29.9. The first kappa shape index (κ1) is 103. The van der Waals surface area contributed by atoms with Gasteiger partial charge in [0, 0.05) is 159 Å². The van der Waals surface area contributed by atoms with E-state index in [0.29, 0.717) is 42.5 Å². The molecule has 0 radical (unpaired) electrons. The number of nitrogens with zero attached hydrogens (tertiary/aromatic N) is 22.